The summed E-state index contributed by atoms with van der Waals surface area (Å²) in [4.78, 5) is 6.39. The lowest BCUT2D eigenvalue weighted by molar-refractivity contribution is 0.588. The van der Waals surface area contributed by atoms with Gasteiger partial charge in [0.2, 0.25) is 0 Å². The van der Waals surface area contributed by atoms with Crippen molar-refractivity contribution < 1.29 is 8.42 Å². The Morgan fingerprint density at radius 3 is 2.81 bits per heavy atom. The molecule has 0 saturated carbocycles. The molecule has 1 aromatic heterocycles. The number of benzene rings is 1. The summed E-state index contributed by atoms with van der Waals surface area (Å²) in [5, 5.41) is 5.39. The van der Waals surface area contributed by atoms with Crippen LogP contribution in [0.25, 0.3) is 0 Å². The molecule has 0 atom stereocenters. The highest BCUT2D eigenvalue weighted by molar-refractivity contribution is 7.93. The second kappa shape index (κ2) is 6.00. The van der Waals surface area contributed by atoms with Crippen LogP contribution in [0, 0.1) is 0 Å². The number of hydrogen-bond donors (Lipinski definition) is 2. The monoisotopic (exact) mass is 324 g/mol. The van der Waals surface area contributed by atoms with Crippen LogP contribution < -0.4 is 14.9 Å². The molecule has 1 saturated heterocycles. The third kappa shape index (κ3) is 3.34. The molecule has 0 aliphatic carbocycles. The molecule has 1 aliphatic heterocycles. The molecule has 21 heavy (non-hydrogen) atoms. The van der Waals surface area contributed by atoms with Crippen molar-refractivity contribution in [2.45, 2.75) is 4.90 Å². The van der Waals surface area contributed by atoms with Gasteiger partial charge in [-0.2, -0.15) is 0 Å². The molecule has 0 spiro atoms. The quantitative estimate of drug-likeness (QED) is 0.888. The Hall–Kier alpha value is -1.64. The van der Waals surface area contributed by atoms with Gasteiger partial charge in [0.25, 0.3) is 10.0 Å². The molecule has 0 amide bonds. The van der Waals surface area contributed by atoms with Crippen LogP contribution in [0.5, 0.6) is 0 Å². The SMILES string of the molecule is O=S(=O)(Nc1nccs1)c1cccc(N2CCNCC2)c1. The number of hydrogen-bond acceptors (Lipinski definition) is 6. The van der Waals surface area contributed by atoms with E-state index in [1.807, 2.05) is 6.07 Å². The molecule has 2 heterocycles. The van der Waals surface area contributed by atoms with Gasteiger partial charge in [-0.15, -0.1) is 11.3 Å². The second-order valence-corrected chi connectivity index (χ2v) is 7.25. The minimum atomic E-state index is -3.59. The summed E-state index contributed by atoms with van der Waals surface area (Å²) in [5.41, 5.74) is 0.929. The van der Waals surface area contributed by atoms with E-state index in [2.05, 4.69) is 19.9 Å². The van der Waals surface area contributed by atoms with E-state index in [-0.39, 0.29) is 4.90 Å². The first kappa shape index (κ1) is 14.3. The lowest BCUT2D eigenvalue weighted by Gasteiger charge is -2.29. The second-order valence-electron chi connectivity index (χ2n) is 4.68. The normalized spacial score (nSPS) is 15.9. The first-order chi connectivity index (χ1) is 10.1. The number of aromatic nitrogens is 1. The predicted octanol–water partition coefficient (Wildman–Crippen LogP) is 1.35. The largest absolute Gasteiger partial charge is 0.369 e. The van der Waals surface area contributed by atoms with E-state index in [1.54, 1.807) is 29.8 Å². The Balaban J connectivity index is 1.84. The van der Waals surface area contributed by atoms with Gasteiger partial charge in [-0.1, -0.05) is 6.07 Å². The third-order valence-corrected chi connectivity index (χ3v) is 5.42. The molecule has 112 valence electrons. The fourth-order valence-corrected chi connectivity index (χ4v) is 4.05. The number of nitrogens with zero attached hydrogens (tertiary/aromatic N) is 2. The summed E-state index contributed by atoms with van der Waals surface area (Å²) in [5.74, 6) is 0. The number of piperazine rings is 1. The van der Waals surface area contributed by atoms with E-state index in [0.29, 0.717) is 5.13 Å². The predicted molar refractivity (Wildman–Crippen MR) is 84.4 cm³/mol. The maximum atomic E-state index is 12.4. The van der Waals surface area contributed by atoms with Crippen molar-refractivity contribution in [2.24, 2.45) is 0 Å². The Morgan fingerprint density at radius 1 is 1.29 bits per heavy atom. The van der Waals surface area contributed by atoms with Crippen molar-refractivity contribution in [2.75, 3.05) is 35.8 Å². The number of sulfonamides is 1. The van der Waals surface area contributed by atoms with Crippen molar-refractivity contribution in [3.8, 4) is 0 Å². The van der Waals surface area contributed by atoms with Crippen LogP contribution in [-0.2, 0) is 10.0 Å². The minimum absolute atomic E-state index is 0.258. The molecule has 0 radical (unpaired) electrons. The summed E-state index contributed by atoms with van der Waals surface area (Å²) in [7, 11) is -3.59. The van der Waals surface area contributed by atoms with Crippen molar-refractivity contribution in [3.63, 3.8) is 0 Å². The topological polar surface area (TPSA) is 74.3 Å². The van der Waals surface area contributed by atoms with Crippen LogP contribution in [0.3, 0.4) is 0 Å². The van der Waals surface area contributed by atoms with Crippen molar-refractivity contribution in [3.05, 3.63) is 35.8 Å². The minimum Gasteiger partial charge on any atom is -0.369 e. The Bertz CT molecular complexity index is 695. The number of nitrogens with one attached hydrogen (secondary N) is 2. The maximum absolute atomic E-state index is 12.4. The molecule has 6 nitrogen and oxygen atoms in total. The van der Waals surface area contributed by atoms with Crippen LogP contribution in [0.1, 0.15) is 0 Å². The molecular weight excluding hydrogens is 308 g/mol. The summed E-state index contributed by atoms with van der Waals surface area (Å²) in [6.07, 6.45) is 1.57. The molecule has 3 rings (SSSR count). The fraction of sp³-hybridized carbons (Fsp3) is 0.308. The maximum Gasteiger partial charge on any atom is 0.263 e. The Labute approximate surface area is 127 Å². The zero-order chi connectivity index (χ0) is 14.7. The first-order valence-electron chi connectivity index (χ1n) is 6.63. The molecule has 1 fully saturated rings. The van der Waals surface area contributed by atoms with Gasteiger partial charge in [-0.25, -0.2) is 13.4 Å². The van der Waals surface area contributed by atoms with Crippen LogP contribution >= 0.6 is 11.3 Å². The van der Waals surface area contributed by atoms with Gasteiger partial charge in [0.15, 0.2) is 5.13 Å². The van der Waals surface area contributed by atoms with Gasteiger partial charge in [0, 0.05) is 43.4 Å². The van der Waals surface area contributed by atoms with Gasteiger partial charge >= 0.3 is 0 Å². The van der Waals surface area contributed by atoms with Crippen LogP contribution in [0.2, 0.25) is 0 Å². The summed E-state index contributed by atoms with van der Waals surface area (Å²) in [6, 6.07) is 7.02. The standard InChI is InChI=1S/C13H16N4O2S2/c18-21(19,16-13-15-6-9-20-13)12-3-1-2-11(10-12)17-7-4-14-5-8-17/h1-3,6,9-10,14H,4-5,7-8H2,(H,15,16). The van der Waals surface area contributed by atoms with Gasteiger partial charge < -0.3 is 10.2 Å². The highest BCUT2D eigenvalue weighted by Crippen LogP contribution is 2.22. The summed E-state index contributed by atoms with van der Waals surface area (Å²) >= 11 is 1.26. The van der Waals surface area contributed by atoms with Gasteiger partial charge in [0.05, 0.1) is 4.90 Å². The molecule has 2 aromatic rings. The molecule has 2 N–H and O–H groups in total. The fourth-order valence-electron chi connectivity index (χ4n) is 2.22. The number of rotatable bonds is 4. The first-order valence-corrected chi connectivity index (χ1v) is 8.99. The third-order valence-electron chi connectivity index (χ3n) is 3.26. The summed E-state index contributed by atoms with van der Waals surface area (Å²) in [6.45, 7) is 3.58. The lowest BCUT2D eigenvalue weighted by atomic mass is 10.2. The molecule has 8 heteroatoms. The average Bonchev–Trinajstić information content (AvgIpc) is 3.00. The average molecular weight is 324 g/mol. The van der Waals surface area contributed by atoms with Crippen LogP contribution in [-0.4, -0.2) is 39.6 Å². The zero-order valence-electron chi connectivity index (χ0n) is 11.3. The van der Waals surface area contributed by atoms with E-state index in [9.17, 15) is 8.42 Å². The highest BCUT2D eigenvalue weighted by atomic mass is 32.2. The smallest absolute Gasteiger partial charge is 0.263 e. The van der Waals surface area contributed by atoms with E-state index in [0.717, 1.165) is 31.9 Å². The highest BCUT2D eigenvalue weighted by Gasteiger charge is 2.18. The number of anilines is 2. The molecule has 0 bridgehead atoms. The van der Waals surface area contributed by atoms with Crippen molar-refractivity contribution >= 4 is 32.2 Å². The van der Waals surface area contributed by atoms with Crippen molar-refractivity contribution in [1.82, 2.24) is 10.3 Å². The van der Waals surface area contributed by atoms with Gasteiger partial charge in [-0.05, 0) is 18.2 Å². The number of thiazole rings is 1. The Morgan fingerprint density at radius 2 is 2.10 bits per heavy atom. The molecule has 0 unspecified atom stereocenters. The van der Waals surface area contributed by atoms with Gasteiger partial charge in [-0.3, -0.25) is 4.72 Å². The molecule has 1 aliphatic rings. The van der Waals surface area contributed by atoms with E-state index >= 15 is 0 Å². The lowest BCUT2D eigenvalue weighted by Crippen LogP contribution is -2.43. The Kier molecular flexibility index (Phi) is 4.09. The van der Waals surface area contributed by atoms with Crippen LogP contribution in [0.15, 0.2) is 40.7 Å². The van der Waals surface area contributed by atoms with E-state index in [4.69, 9.17) is 0 Å². The van der Waals surface area contributed by atoms with Crippen molar-refractivity contribution in [1.29, 1.82) is 0 Å². The van der Waals surface area contributed by atoms with E-state index in [1.165, 1.54) is 11.3 Å². The zero-order valence-corrected chi connectivity index (χ0v) is 13.0. The molecular formula is C13H16N4O2S2. The van der Waals surface area contributed by atoms with Crippen LogP contribution in [0.4, 0.5) is 10.8 Å². The molecule has 1 aromatic carbocycles. The van der Waals surface area contributed by atoms with Gasteiger partial charge in [0.1, 0.15) is 0 Å². The van der Waals surface area contributed by atoms with E-state index < -0.39 is 10.0 Å². The summed E-state index contributed by atoms with van der Waals surface area (Å²) < 4.78 is 27.2.